The van der Waals surface area contributed by atoms with Crippen LogP contribution in [0.2, 0.25) is 0 Å². The summed E-state index contributed by atoms with van der Waals surface area (Å²) in [6, 6.07) is 7.77. The number of nitrogens with zero attached hydrogens (tertiary/aromatic N) is 3. The third kappa shape index (κ3) is 4.52. The van der Waals surface area contributed by atoms with Gasteiger partial charge in [-0.3, -0.25) is 4.79 Å². The van der Waals surface area contributed by atoms with Gasteiger partial charge in [0.1, 0.15) is 5.69 Å². The summed E-state index contributed by atoms with van der Waals surface area (Å²) in [7, 11) is 1.80. The molecule has 2 rings (SSSR count). The van der Waals surface area contributed by atoms with E-state index < -0.39 is 0 Å². The predicted molar refractivity (Wildman–Crippen MR) is 93.1 cm³/mol. The Balaban J connectivity index is 2.14. The van der Waals surface area contributed by atoms with Gasteiger partial charge in [0, 0.05) is 25.5 Å². The van der Waals surface area contributed by atoms with Crippen LogP contribution in [-0.4, -0.2) is 34.4 Å². The summed E-state index contributed by atoms with van der Waals surface area (Å²) < 4.78 is 0. The first-order chi connectivity index (χ1) is 11.0. The van der Waals surface area contributed by atoms with Crippen LogP contribution in [0.15, 0.2) is 30.5 Å². The smallest absolute Gasteiger partial charge is 0.272 e. The Morgan fingerprint density at radius 2 is 2.04 bits per heavy atom. The lowest BCUT2D eigenvalue weighted by Gasteiger charge is -2.16. The maximum Gasteiger partial charge on any atom is 0.272 e. The Morgan fingerprint density at radius 1 is 1.26 bits per heavy atom. The molecule has 0 aliphatic carbocycles. The Hall–Kier alpha value is -2.43. The van der Waals surface area contributed by atoms with Crippen molar-refractivity contribution in [3.8, 4) is 0 Å². The van der Waals surface area contributed by atoms with Gasteiger partial charge in [-0.05, 0) is 38.0 Å². The number of unbranched alkanes of at least 4 members (excludes halogenated alkanes) is 1. The molecule has 0 radical (unpaired) electrons. The molecule has 0 unspecified atom stereocenters. The predicted octanol–water partition coefficient (Wildman–Crippen LogP) is 3.71. The van der Waals surface area contributed by atoms with E-state index in [9.17, 15) is 4.79 Å². The van der Waals surface area contributed by atoms with Gasteiger partial charge in [-0.15, -0.1) is 0 Å². The summed E-state index contributed by atoms with van der Waals surface area (Å²) in [5.41, 5.74) is 3.67. The lowest BCUT2D eigenvalue weighted by molar-refractivity contribution is 0.0787. The number of anilines is 2. The molecule has 2 aromatic rings. The van der Waals surface area contributed by atoms with E-state index in [0.29, 0.717) is 11.6 Å². The fourth-order valence-corrected chi connectivity index (χ4v) is 2.30. The monoisotopic (exact) mass is 312 g/mol. The number of aromatic nitrogens is 2. The minimum absolute atomic E-state index is 0.0791. The van der Waals surface area contributed by atoms with Gasteiger partial charge in [0.05, 0.1) is 0 Å². The maximum absolute atomic E-state index is 12.4. The van der Waals surface area contributed by atoms with Crippen molar-refractivity contribution < 1.29 is 4.79 Å². The summed E-state index contributed by atoms with van der Waals surface area (Å²) >= 11 is 0. The zero-order valence-electron chi connectivity index (χ0n) is 14.3. The Morgan fingerprint density at radius 3 is 2.74 bits per heavy atom. The third-order valence-electron chi connectivity index (χ3n) is 3.70. The fourth-order valence-electron chi connectivity index (χ4n) is 2.30. The van der Waals surface area contributed by atoms with E-state index in [2.05, 4.69) is 35.2 Å². The Bertz CT molecular complexity index is 684. The number of hydrogen-bond acceptors (Lipinski definition) is 4. The topological polar surface area (TPSA) is 58.1 Å². The molecule has 0 spiro atoms. The maximum atomic E-state index is 12.4. The van der Waals surface area contributed by atoms with Crippen molar-refractivity contribution in [2.75, 3.05) is 18.9 Å². The van der Waals surface area contributed by atoms with Crippen molar-refractivity contribution in [2.24, 2.45) is 0 Å². The first-order valence-corrected chi connectivity index (χ1v) is 7.94. The van der Waals surface area contributed by atoms with Gasteiger partial charge < -0.3 is 10.2 Å². The molecule has 5 nitrogen and oxygen atoms in total. The van der Waals surface area contributed by atoms with Crippen LogP contribution in [0.5, 0.6) is 0 Å². The van der Waals surface area contributed by atoms with Crippen molar-refractivity contribution in [2.45, 2.75) is 33.6 Å². The first-order valence-electron chi connectivity index (χ1n) is 7.94. The van der Waals surface area contributed by atoms with Gasteiger partial charge in [0.25, 0.3) is 5.91 Å². The second kappa shape index (κ2) is 7.72. The molecule has 1 N–H and O–H groups in total. The lowest BCUT2D eigenvalue weighted by Crippen LogP contribution is -2.28. The summed E-state index contributed by atoms with van der Waals surface area (Å²) in [5.74, 6) is 0.358. The van der Waals surface area contributed by atoms with E-state index in [1.807, 2.05) is 19.1 Å². The van der Waals surface area contributed by atoms with Crippen LogP contribution >= 0.6 is 0 Å². The molecule has 0 saturated carbocycles. The average molecular weight is 312 g/mol. The van der Waals surface area contributed by atoms with Gasteiger partial charge in [-0.25, -0.2) is 9.97 Å². The summed E-state index contributed by atoms with van der Waals surface area (Å²) in [5, 5.41) is 3.18. The van der Waals surface area contributed by atoms with E-state index in [4.69, 9.17) is 0 Å². The number of aryl methyl sites for hydroxylation is 2. The SMILES string of the molecule is CCCCN(C)C(=O)c1ccnc(Nc2ccc(C)cc2C)n1. The van der Waals surface area contributed by atoms with Crippen LogP contribution in [0, 0.1) is 13.8 Å². The molecule has 0 saturated heterocycles. The number of rotatable bonds is 6. The largest absolute Gasteiger partial charge is 0.340 e. The zero-order valence-corrected chi connectivity index (χ0v) is 14.3. The van der Waals surface area contributed by atoms with E-state index >= 15 is 0 Å². The van der Waals surface area contributed by atoms with E-state index in [-0.39, 0.29) is 5.91 Å². The van der Waals surface area contributed by atoms with Gasteiger partial charge >= 0.3 is 0 Å². The standard InChI is InChI=1S/C18H24N4O/c1-5-6-11-22(4)17(23)16-9-10-19-18(21-16)20-15-8-7-13(2)12-14(15)3/h7-10,12H,5-6,11H2,1-4H3,(H,19,20,21). The van der Waals surface area contributed by atoms with Crippen LogP contribution in [-0.2, 0) is 0 Å². The molecule has 0 fully saturated rings. The number of benzene rings is 1. The number of nitrogens with one attached hydrogen (secondary N) is 1. The second-order valence-electron chi connectivity index (χ2n) is 5.79. The van der Waals surface area contributed by atoms with Crippen LogP contribution in [0.3, 0.4) is 0 Å². The van der Waals surface area contributed by atoms with Gasteiger partial charge in [-0.1, -0.05) is 31.0 Å². The van der Waals surface area contributed by atoms with Gasteiger partial charge in [-0.2, -0.15) is 0 Å². The van der Waals surface area contributed by atoms with Crippen LogP contribution in [0.25, 0.3) is 0 Å². The van der Waals surface area contributed by atoms with Crippen molar-refractivity contribution in [3.05, 3.63) is 47.3 Å². The normalized spacial score (nSPS) is 10.4. The molecule has 1 aromatic carbocycles. The molecule has 1 aromatic heterocycles. The third-order valence-corrected chi connectivity index (χ3v) is 3.70. The highest BCUT2D eigenvalue weighted by molar-refractivity contribution is 5.92. The minimum Gasteiger partial charge on any atom is -0.340 e. The van der Waals surface area contributed by atoms with Crippen molar-refractivity contribution in [3.63, 3.8) is 0 Å². The molecular weight excluding hydrogens is 288 g/mol. The molecular formula is C18H24N4O. The highest BCUT2D eigenvalue weighted by atomic mass is 16.2. The van der Waals surface area contributed by atoms with E-state index in [1.165, 1.54) is 5.56 Å². The summed E-state index contributed by atoms with van der Waals surface area (Å²) in [4.78, 5) is 22.6. The summed E-state index contributed by atoms with van der Waals surface area (Å²) in [6.45, 7) is 6.93. The molecule has 0 aliphatic rings. The quantitative estimate of drug-likeness (QED) is 0.883. The van der Waals surface area contributed by atoms with E-state index in [0.717, 1.165) is 30.6 Å². The minimum atomic E-state index is -0.0791. The molecule has 0 atom stereocenters. The Labute approximate surface area is 137 Å². The molecule has 0 aliphatic heterocycles. The highest BCUT2D eigenvalue weighted by Crippen LogP contribution is 2.19. The second-order valence-corrected chi connectivity index (χ2v) is 5.79. The van der Waals surface area contributed by atoms with Crippen LogP contribution < -0.4 is 5.32 Å². The van der Waals surface area contributed by atoms with Crippen LogP contribution in [0.4, 0.5) is 11.6 Å². The lowest BCUT2D eigenvalue weighted by atomic mass is 10.1. The van der Waals surface area contributed by atoms with Gasteiger partial charge in [0.2, 0.25) is 5.95 Å². The number of carbonyl (C=O) groups is 1. The molecule has 5 heteroatoms. The molecule has 1 heterocycles. The first kappa shape index (κ1) is 16.9. The van der Waals surface area contributed by atoms with Crippen molar-refractivity contribution in [1.29, 1.82) is 0 Å². The molecule has 122 valence electrons. The fraction of sp³-hybridized carbons (Fsp3) is 0.389. The Kier molecular flexibility index (Phi) is 5.68. The number of carbonyl (C=O) groups excluding carboxylic acids is 1. The molecule has 1 amide bonds. The molecule has 23 heavy (non-hydrogen) atoms. The highest BCUT2D eigenvalue weighted by Gasteiger charge is 2.13. The number of hydrogen-bond donors (Lipinski definition) is 1. The van der Waals surface area contributed by atoms with E-state index in [1.54, 1.807) is 24.2 Å². The zero-order chi connectivity index (χ0) is 16.8. The van der Waals surface area contributed by atoms with Crippen molar-refractivity contribution >= 4 is 17.5 Å². The van der Waals surface area contributed by atoms with Gasteiger partial charge in [0.15, 0.2) is 0 Å². The van der Waals surface area contributed by atoms with Crippen LogP contribution in [0.1, 0.15) is 41.4 Å². The average Bonchev–Trinajstić information content (AvgIpc) is 2.55. The summed E-state index contributed by atoms with van der Waals surface area (Å²) in [6.07, 6.45) is 3.65. The number of amides is 1. The molecule has 0 bridgehead atoms. The van der Waals surface area contributed by atoms with Crippen molar-refractivity contribution in [1.82, 2.24) is 14.9 Å².